The molecule has 1 aliphatic rings. The third kappa shape index (κ3) is 2.36. The number of benzene rings is 1. The molecule has 3 nitrogen and oxygen atoms in total. The standard InChI is InChI=1S/C16H20FN3/c1-11-16(13-5-4-8-18-10-13)12(2)20(19-11)15-7-3-6-14(17)9-15/h3,6-7,9,13,18H,4-5,8,10H2,1-2H3. The van der Waals surface area contributed by atoms with E-state index in [1.54, 1.807) is 6.07 Å². The Morgan fingerprint density at radius 2 is 2.20 bits per heavy atom. The second-order valence-electron chi connectivity index (χ2n) is 5.52. The van der Waals surface area contributed by atoms with Crippen molar-refractivity contribution in [1.82, 2.24) is 15.1 Å². The second kappa shape index (κ2) is 5.37. The predicted molar refractivity (Wildman–Crippen MR) is 77.8 cm³/mol. The summed E-state index contributed by atoms with van der Waals surface area (Å²) in [5.74, 6) is 0.294. The van der Waals surface area contributed by atoms with Crippen molar-refractivity contribution in [2.75, 3.05) is 13.1 Å². The Morgan fingerprint density at radius 3 is 2.90 bits per heavy atom. The van der Waals surface area contributed by atoms with E-state index in [0.29, 0.717) is 5.92 Å². The zero-order chi connectivity index (χ0) is 14.1. The monoisotopic (exact) mass is 273 g/mol. The molecule has 4 heteroatoms. The number of aromatic nitrogens is 2. The van der Waals surface area contributed by atoms with Gasteiger partial charge in [-0.1, -0.05) is 6.07 Å². The molecule has 0 amide bonds. The molecule has 2 heterocycles. The molecule has 1 atom stereocenters. The van der Waals surface area contributed by atoms with E-state index in [9.17, 15) is 4.39 Å². The fourth-order valence-electron chi connectivity index (χ4n) is 3.20. The van der Waals surface area contributed by atoms with E-state index >= 15 is 0 Å². The zero-order valence-corrected chi connectivity index (χ0v) is 12.0. The number of hydrogen-bond donors (Lipinski definition) is 1. The summed E-state index contributed by atoms with van der Waals surface area (Å²) < 4.78 is 15.3. The van der Waals surface area contributed by atoms with Gasteiger partial charge in [-0.3, -0.25) is 0 Å². The third-order valence-corrected chi connectivity index (χ3v) is 4.11. The van der Waals surface area contributed by atoms with Gasteiger partial charge in [-0.25, -0.2) is 9.07 Å². The highest BCUT2D eigenvalue weighted by atomic mass is 19.1. The van der Waals surface area contributed by atoms with Crippen LogP contribution in [-0.4, -0.2) is 22.9 Å². The molecule has 1 saturated heterocycles. The Labute approximate surface area is 118 Å². The summed E-state index contributed by atoms with van der Waals surface area (Å²) in [6, 6.07) is 6.61. The van der Waals surface area contributed by atoms with Crippen LogP contribution in [-0.2, 0) is 0 Å². The van der Waals surface area contributed by atoms with Gasteiger partial charge >= 0.3 is 0 Å². The van der Waals surface area contributed by atoms with Crippen LogP contribution >= 0.6 is 0 Å². The summed E-state index contributed by atoms with van der Waals surface area (Å²) in [7, 11) is 0. The summed E-state index contributed by atoms with van der Waals surface area (Å²) in [5, 5.41) is 8.07. The quantitative estimate of drug-likeness (QED) is 0.911. The summed E-state index contributed by atoms with van der Waals surface area (Å²) in [6.45, 7) is 6.24. The van der Waals surface area contributed by atoms with Gasteiger partial charge in [-0.2, -0.15) is 5.10 Å². The van der Waals surface area contributed by atoms with Gasteiger partial charge in [0.2, 0.25) is 0 Å². The molecular formula is C16H20FN3. The van der Waals surface area contributed by atoms with Gasteiger partial charge in [0.05, 0.1) is 11.4 Å². The van der Waals surface area contributed by atoms with Crippen LogP contribution in [0.1, 0.15) is 35.7 Å². The van der Waals surface area contributed by atoms with Gasteiger partial charge in [0, 0.05) is 23.7 Å². The predicted octanol–water partition coefficient (Wildman–Crippen LogP) is 3.10. The fourth-order valence-corrected chi connectivity index (χ4v) is 3.20. The second-order valence-corrected chi connectivity index (χ2v) is 5.52. The first-order chi connectivity index (χ1) is 9.66. The first-order valence-electron chi connectivity index (χ1n) is 7.19. The van der Waals surface area contributed by atoms with Crippen LogP contribution in [0.4, 0.5) is 4.39 Å². The van der Waals surface area contributed by atoms with Gasteiger partial charge in [0.1, 0.15) is 5.82 Å². The molecule has 1 fully saturated rings. The number of rotatable bonds is 2. The van der Waals surface area contributed by atoms with Gasteiger partial charge in [-0.05, 0) is 51.4 Å². The largest absolute Gasteiger partial charge is 0.316 e. The van der Waals surface area contributed by atoms with Crippen LogP contribution < -0.4 is 5.32 Å². The molecular weight excluding hydrogens is 253 g/mol. The minimum absolute atomic E-state index is 0.226. The molecule has 0 saturated carbocycles. The lowest BCUT2D eigenvalue weighted by atomic mass is 9.90. The summed E-state index contributed by atoms with van der Waals surface area (Å²) in [6.07, 6.45) is 2.40. The average Bonchev–Trinajstić information content (AvgIpc) is 2.75. The molecule has 1 aromatic carbocycles. The van der Waals surface area contributed by atoms with Crippen molar-refractivity contribution in [3.8, 4) is 5.69 Å². The third-order valence-electron chi connectivity index (χ3n) is 4.11. The van der Waals surface area contributed by atoms with Crippen LogP contribution in [0.25, 0.3) is 5.69 Å². The summed E-state index contributed by atoms with van der Waals surface area (Å²) in [4.78, 5) is 0. The van der Waals surface area contributed by atoms with Gasteiger partial charge < -0.3 is 5.32 Å². The Hall–Kier alpha value is -1.68. The smallest absolute Gasteiger partial charge is 0.125 e. The molecule has 1 aromatic heterocycles. The van der Waals surface area contributed by atoms with E-state index in [1.807, 2.05) is 17.7 Å². The minimum Gasteiger partial charge on any atom is -0.316 e. The van der Waals surface area contributed by atoms with Crippen molar-refractivity contribution in [2.45, 2.75) is 32.6 Å². The van der Waals surface area contributed by atoms with Crippen molar-refractivity contribution in [2.24, 2.45) is 0 Å². The number of nitrogens with zero attached hydrogens (tertiary/aromatic N) is 2. The maximum Gasteiger partial charge on any atom is 0.125 e. The molecule has 3 rings (SSSR count). The van der Waals surface area contributed by atoms with E-state index in [4.69, 9.17) is 0 Å². The van der Waals surface area contributed by atoms with Crippen molar-refractivity contribution >= 4 is 0 Å². The Balaban J connectivity index is 2.02. The molecule has 2 aromatic rings. The lowest BCUT2D eigenvalue weighted by Gasteiger charge is -2.23. The number of nitrogens with one attached hydrogen (secondary N) is 1. The lowest BCUT2D eigenvalue weighted by molar-refractivity contribution is 0.459. The van der Waals surface area contributed by atoms with Gasteiger partial charge in [0.15, 0.2) is 0 Å². The molecule has 0 bridgehead atoms. The van der Waals surface area contributed by atoms with E-state index in [2.05, 4.69) is 17.3 Å². The maximum atomic E-state index is 13.4. The Kier molecular flexibility index (Phi) is 3.57. The van der Waals surface area contributed by atoms with Gasteiger partial charge in [-0.15, -0.1) is 0 Å². The van der Waals surface area contributed by atoms with Crippen LogP contribution in [0.15, 0.2) is 24.3 Å². The average molecular weight is 273 g/mol. The molecule has 0 aliphatic carbocycles. The molecule has 1 unspecified atom stereocenters. The van der Waals surface area contributed by atoms with Gasteiger partial charge in [0.25, 0.3) is 0 Å². The normalized spacial score (nSPS) is 19.2. The van der Waals surface area contributed by atoms with E-state index in [0.717, 1.165) is 30.2 Å². The molecule has 1 aliphatic heterocycles. The summed E-state index contributed by atoms with van der Waals surface area (Å²) >= 11 is 0. The maximum absolute atomic E-state index is 13.4. The zero-order valence-electron chi connectivity index (χ0n) is 12.0. The fraction of sp³-hybridized carbons (Fsp3) is 0.438. The van der Waals surface area contributed by atoms with Crippen molar-refractivity contribution in [1.29, 1.82) is 0 Å². The number of hydrogen-bond acceptors (Lipinski definition) is 2. The van der Waals surface area contributed by atoms with Crippen LogP contribution in [0, 0.1) is 19.7 Å². The Morgan fingerprint density at radius 1 is 1.35 bits per heavy atom. The molecule has 106 valence electrons. The van der Waals surface area contributed by atoms with Crippen LogP contribution in [0.3, 0.4) is 0 Å². The Bertz CT molecular complexity index is 612. The number of aryl methyl sites for hydroxylation is 1. The van der Waals surface area contributed by atoms with E-state index in [1.165, 1.54) is 30.5 Å². The molecule has 0 spiro atoms. The first kappa shape index (κ1) is 13.3. The lowest BCUT2D eigenvalue weighted by Crippen LogP contribution is -2.28. The SMILES string of the molecule is Cc1nn(-c2cccc(F)c2)c(C)c1C1CCCNC1. The molecule has 0 radical (unpaired) electrons. The number of piperidine rings is 1. The first-order valence-corrected chi connectivity index (χ1v) is 7.19. The van der Waals surface area contributed by atoms with Crippen molar-refractivity contribution in [3.05, 3.63) is 47.0 Å². The van der Waals surface area contributed by atoms with Crippen molar-refractivity contribution in [3.63, 3.8) is 0 Å². The van der Waals surface area contributed by atoms with Crippen molar-refractivity contribution < 1.29 is 4.39 Å². The molecule has 20 heavy (non-hydrogen) atoms. The highest BCUT2D eigenvalue weighted by Crippen LogP contribution is 2.30. The highest BCUT2D eigenvalue weighted by Gasteiger charge is 2.23. The highest BCUT2D eigenvalue weighted by molar-refractivity contribution is 5.39. The minimum atomic E-state index is -0.226. The van der Waals surface area contributed by atoms with Crippen LogP contribution in [0.5, 0.6) is 0 Å². The molecule has 1 N–H and O–H groups in total. The van der Waals surface area contributed by atoms with E-state index in [-0.39, 0.29) is 5.82 Å². The topological polar surface area (TPSA) is 29.9 Å². The van der Waals surface area contributed by atoms with Crippen LogP contribution in [0.2, 0.25) is 0 Å². The number of halogens is 1. The summed E-state index contributed by atoms with van der Waals surface area (Å²) in [5.41, 5.74) is 4.30. The van der Waals surface area contributed by atoms with E-state index < -0.39 is 0 Å².